The lowest BCUT2D eigenvalue weighted by molar-refractivity contribution is 1.09. The second-order valence-corrected chi connectivity index (χ2v) is 10.3. The van der Waals surface area contributed by atoms with E-state index in [0.29, 0.717) is 0 Å². The van der Waals surface area contributed by atoms with Gasteiger partial charge in [0.15, 0.2) is 0 Å². The lowest BCUT2D eigenvalue weighted by atomic mass is 10.0. The molecule has 0 bridgehead atoms. The Hall–Kier alpha value is -4.47. The van der Waals surface area contributed by atoms with Crippen LogP contribution in [0, 0.1) is 6.92 Å². The number of rotatable bonds is 4. The number of hydrogen-bond acceptors (Lipinski definition) is 2. The van der Waals surface area contributed by atoms with E-state index in [0.717, 1.165) is 22.5 Å². The summed E-state index contributed by atoms with van der Waals surface area (Å²) >= 11 is 1.78. The van der Waals surface area contributed by atoms with Gasteiger partial charge in [0.05, 0.1) is 16.7 Å². The Morgan fingerprint density at radius 2 is 1.27 bits per heavy atom. The fraction of sp³-hybridized carbons (Fsp3) is 0.0294. The molecule has 0 N–H and O–H groups in total. The van der Waals surface area contributed by atoms with Gasteiger partial charge in [-0.3, -0.25) is 4.57 Å². The van der Waals surface area contributed by atoms with Crippen LogP contribution in [0.2, 0.25) is 0 Å². The minimum Gasteiger partial charge on any atom is -0.292 e. The Labute approximate surface area is 220 Å². The molecule has 0 fully saturated rings. The molecule has 37 heavy (non-hydrogen) atoms. The fourth-order valence-electron chi connectivity index (χ4n) is 5.18. The Kier molecular flexibility index (Phi) is 5.23. The summed E-state index contributed by atoms with van der Waals surface area (Å²) in [7, 11) is 0. The smallest absolute Gasteiger partial charge is 0.147 e. The Balaban J connectivity index is 1.44. The first-order chi connectivity index (χ1) is 18.3. The van der Waals surface area contributed by atoms with Crippen molar-refractivity contribution in [3.8, 4) is 39.3 Å². The Morgan fingerprint density at radius 3 is 2.00 bits per heavy atom. The third-order valence-electron chi connectivity index (χ3n) is 7.03. The van der Waals surface area contributed by atoms with Crippen LogP contribution in [-0.2, 0) is 0 Å². The van der Waals surface area contributed by atoms with E-state index in [-0.39, 0.29) is 0 Å². The molecule has 0 amide bonds. The first-order valence-corrected chi connectivity index (χ1v) is 13.4. The first kappa shape index (κ1) is 21.8. The van der Waals surface area contributed by atoms with Gasteiger partial charge in [-0.2, -0.15) is 0 Å². The van der Waals surface area contributed by atoms with Crippen LogP contribution in [0.1, 0.15) is 5.56 Å². The van der Waals surface area contributed by atoms with Crippen LogP contribution in [0.4, 0.5) is 0 Å². The number of aromatic nitrogens is 2. The third-order valence-corrected chi connectivity index (χ3v) is 7.99. The molecule has 3 heteroatoms. The maximum atomic E-state index is 5.18. The molecular formula is C34H24N2S. The summed E-state index contributed by atoms with van der Waals surface area (Å²) in [6, 6.07) is 43.1. The highest BCUT2D eigenvalue weighted by atomic mass is 32.1. The molecule has 2 heterocycles. The summed E-state index contributed by atoms with van der Waals surface area (Å²) in [5.74, 6) is 0.980. The molecule has 2 nitrogen and oxygen atoms in total. The number of aryl methyl sites for hydroxylation is 1. The van der Waals surface area contributed by atoms with Crippen molar-refractivity contribution < 1.29 is 0 Å². The van der Waals surface area contributed by atoms with Gasteiger partial charge in [0.1, 0.15) is 5.82 Å². The average Bonchev–Trinajstić information content (AvgIpc) is 3.55. The molecule has 0 aliphatic rings. The quantitative estimate of drug-likeness (QED) is 0.239. The first-order valence-electron chi connectivity index (χ1n) is 12.5. The molecule has 0 aliphatic heterocycles. The van der Waals surface area contributed by atoms with E-state index in [1.807, 2.05) is 0 Å². The zero-order chi connectivity index (χ0) is 24.8. The van der Waals surface area contributed by atoms with Crippen molar-refractivity contribution in [1.82, 2.24) is 9.55 Å². The Morgan fingerprint density at radius 1 is 0.622 bits per heavy atom. The highest BCUT2D eigenvalue weighted by molar-refractivity contribution is 7.17. The average molecular weight is 493 g/mol. The van der Waals surface area contributed by atoms with Gasteiger partial charge in [0, 0.05) is 21.0 Å². The van der Waals surface area contributed by atoms with Crippen LogP contribution >= 0.6 is 11.3 Å². The van der Waals surface area contributed by atoms with E-state index in [9.17, 15) is 0 Å². The fourth-order valence-corrected chi connectivity index (χ4v) is 6.10. The Bertz CT molecular complexity index is 1880. The van der Waals surface area contributed by atoms with Crippen molar-refractivity contribution in [3.63, 3.8) is 0 Å². The molecule has 5 aromatic carbocycles. The normalized spacial score (nSPS) is 11.4. The van der Waals surface area contributed by atoms with E-state index in [2.05, 4.69) is 138 Å². The number of benzene rings is 5. The summed E-state index contributed by atoms with van der Waals surface area (Å²) in [4.78, 5) is 5.18. The lowest BCUT2D eigenvalue weighted by Gasteiger charge is -2.14. The predicted molar refractivity (Wildman–Crippen MR) is 157 cm³/mol. The molecule has 0 saturated carbocycles. The molecule has 0 atom stereocenters. The van der Waals surface area contributed by atoms with Crippen LogP contribution in [-0.4, -0.2) is 9.55 Å². The van der Waals surface area contributed by atoms with Crippen LogP contribution in [0.25, 0.3) is 60.4 Å². The minimum atomic E-state index is 0.980. The van der Waals surface area contributed by atoms with E-state index < -0.39 is 0 Å². The molecule has 0 saturated heterocycles. The molecule has 0 unspecified atom stereocenters. The van der Waals surface area contributed by atoms with Crippen molar-refractivity contribution in [2.24, 2.45) is 0 Å². The molecule has 0 radical (unpaired) electrons. The van der Waals surface area contributed by atoms with Crippen molar-refractivity contribution in [2.75, 3.05) is 0 Å². The van der Waals surface area contributed by atoms with Gasteiger partial charge >= 0.3 is 0 Å². The maximum absolute atomic E-state index is 5.18. The molecule has 7 aromatic rings. The van der Waals surface area contributed by atoms with Crippen LogP contribution < -0.4 is 0 Å². The largest absolute Gasteiger partial charge is 0.292 e. The molecule has 2 aromatic heterocycles. The van der Waals surface area contributed by atoms with E-state index >= 15 is 0 Å². The number of fused-ring (bicyclic) bond motifs is 2. The van der Waals surface area contributed by atoms with E-state index in [1.165, 1.54) is 43.5 Å². The molecule has 176 valence electrons. The summed E-state index contributed by atoms with van der Waals surface area (Å²) in [5.41, 5.74) is 10.6. The minimum absolute atomic E-state index is 0.980. The summed E-state index contributed by atoms with van der Waals surface area (Å²) in [6.45, 7) is 2.19. The maximum Gasteiger partial charge on any atom is 0.147 e. The zero-order valence-corrected chi connectivity index (χ0v) is 21.2. The number of imidazole rings is 1. The molecular weight excluding hydrogens is 468 g/mol. The summed E-state index contributed by atoms with van der Waals surface area (Å²) < 4.78 is 3.60. The highest BCUT2D eigenvalue weighted by Gasteiger charge is 2.19. The van der Waals surface area contributed by atoms with E-state index in [1.54, 1.807) is 11.3 Å². The predicted octanol–water partition coefficient (Wildman–Crippen LogP) is 9.55. The van der Waals surface area contributed by atoms with Crippen molar-refractivity contribution in [1.29, 1.82) is 0 Å². The van der Waals surface area contributed by atoms with Crippen molar-refractivity contribution >= 4 is 32.5 Å². The summed E-state index contributed by atoms with van der Waals surface area (Å²) in [5, 5.41) is 3.49. The van der Waals surface area contributed by atoms with Gasteiger partial charge in [-0.1, -0.05) is 84.9 Å². The topological polar surface area (TPSA) is 17.8 Å². The van der Waals surface area contributed by atoms with Crippen LogP contribution in [0.3, 0.4) is 0 Å². The highest BCUT2D eigenvalue weighted by Crippen LogP contribution is 2.39. The van der Waals surface area contributed by atoms with Crippen molar-refractivity contribution in [3.05, 3.63) is 132 Å². The van der Waals surface area contributed by atoms with Gasteiger partial charge in [-0.05, 0) is 71.1 Å². The standard InChI is InChI=1S/C34H24N2S/c1-23-20-26(24-10-4-2-5-11-24)16-18-31(23)36-32-15-9-8-14-30(32)35-34(36)29-22-37-33-19-17-27(21-28(29)33)25-12-6-3-7-13-25/h2-22H,1H3. The number of thiophene rings is 1. The number of hydrogen-bond donors (Lipinski definition) is 0. The van der Waals surface area contributed by atoms with Crippen LogP contribution in [0.5, 0.6) is 0 Å². The number of para-hydroxylation sites is 2. The van der Waals surface area contributed by atoms with Gasteiger partial charge in [0.2, 0.25) is 0 Å². The number of nitrogens with zero attached hydrogens (tertiary/aromatic N) is 2. The monoisotopic (exact) mass is 492 g/mol. The van der Waals surface area contributed by atoms with Gasteiger partial charge < -0.3 is 0 Å². The van der Waals surface area contributed by atoms with Gasteiger partial charge in [-0.15, -0.1) is 11.3 Å². The summed E-state index contributed by atoms with van der Waals surface area (Å²) in [6.07, 6.45) is 0. The second kappa shape index (κ2) is 8.88. The van der Waals surface area contributed by atoms with Gasteiger partial charge in [0.25, 0.3) is 0 Å². The van der Waals surface area contributed by atoms with Crippen LogP contribution in [0.15, 0.2) is 127 Å². The SMILES string of the molecule is Cc1cc(-c2ccccc2)ccc1-n1c(-c2csc3ccc(-c4ccccc4)cc23)nc2ccccc21. The molecule has 0 spiro atoms. The second-order valence-electron chi connectivity index (χ2n) is 9.35. The molecule has 0 aliphatic carbocycles. The third kappa shape index (κ3) is 3.76. The van der Waals surface area contributed by atoms with E-state index in [4.69, 9.17) is 4.98 Å². The van der Waals surface area contributed by atoms with Gasteiger partial charge in [-0.25, -0.2) is 4.98 Å². The molecule has 7 rings (SSSR count). The zero-order valence-electron chi connectivity index (χ0n) is 20.4. The van der Waals surface area contributed by atoms with Crippen molar-refractivity contribution in [2.45, 2.75) is 6.92 Å². The lowest BCUT2D eigenvalue weighted by Crippen LogP contribution is -2.00.